The van der Waals surface area contributed by atoms with Gasteiger partial charge in [0.05, 0.1) is 5.37 Å². The van der Waals surface area contributed by atoms with Gasteiger partial charge in [-0.3, -0.25) is 10.3 Å². The van der Waals surface area contributed by atoms with Crippen LogP contribution in [0, 0.1) is 0 Å². The minimum absolute atomic E-state index is 0.369. The molecule has 1 aliphatic heterocycles. The van der Waals surface area contributed by atoms with E-state index in [9.17, 15) is 0 Å². The fourth-order valence-electron chi connectivity index (χ4n) is 2.93. The van der Waals surface area contributed by atoms with E-state index in [0.29, 0.717) is 11.4 Å². The van der Waals surface area contributed by atoms with Crippen LogP contribution >= 0.6 is 11.8 Å². The fourth-order valence-corrected chi connectivity index (χ4v) is 4.19. The Kier molecular flexibility index (Phi) is 3.41. The van der Waals surface area contributed by atoms with Crippen LogP contribution in [0.5, 0.6) is 0 Å². The number of nitrogens with one attached hydrogen (secondary N) is 2. The third-order valence-corrected chi connectivity index (χ3v) is 5.32. The summed E-state index contributed by atoms with van der Waals surface area (Å²) < 4.78 is 0. The second-order valence-electron chi connectivity index (χ2n) is 5.43. The molecule has 3 nitrogen and oxygen atoms in total. The summed E-state index contributed by atoms with van der Waals surface area (Å²) in [4.78, 5) is 7.57. The number of aromatic amines is 1. The molecule has 0 aliphatic carbocycles. The average Bonchev–Trinajstić information content (AvgIpc) is 3.17. The number of benzene rings is 1. The highest BCUT2D eigenvalue weighted by atomic mass is 32.2. The van der Waals surface area contributed by atoms with E-state index in [1.807, 2.05) is 30.2 Å². The van der Waals surface area contributed by atoms with E-state index < -0.39 is 0 Å². The van der Waals surface area contributed by atoms with Crippen molar-refractivity contribution in [3.05, 3.63) is 66.1 Å². The van der Waals surface area contributed by atoms with Crippen molar-refractivity contribution in [2.45, 2.75) is 17.8 Å². The largest absolute Gasteiger partial charge is 0.361 e. The number of H-pyrrole nitrogens is 1. The number of pyridine rings is 1. The summed E-state index contributed by atoms with van der Waals surface area (Å²) in [6, 6.07) is 13.2. The van der Waals surface area contributed by atoms with E-state index >= 15 is 0 Å². The molecule has 106 valence electrons. The zero-order valence-electron chi connectivity index (χ0n) is 11.6. The lowest BCUT2D eigenvalue weighted by Gasteiger charge is -2.13. The molecule has 0 bridgehead atoms. The Morgan fingerprint density at radius 1 is 1.19 bits per heavy atom. The summed E-state index contributed by atoms with van der Waals surface area (Å²) in [7, 11) is 0. The third kappa shape index (κ3) is 2.57. The molecule has 4 rings (SSSR count). The van der Waals surface area contributed by atoms with Gasteiger partial charge in [-0.1, -0.05) is 24.3 Å². The van der Waals surface area contributed by atoms with Gasteiger partial charge in [0.1, 0.15) is 0 Å². The minimum Gasteiger partial charge on any atom is -0.361 e. The van der Waals surface area contributed by atoms with Crippen LogP contribution in [-0.4, -0.2) is 21.8 Å². The predicted molar refractivity (Wildman–Crippen MR) is 88.4 cm³/mol. The predicted octanol–water partition coefficient (Wildman–Crippen LogP) is 3.51. The molecule has 1 aliphatic rings. The zero-order valence-corrected chi connectivity index (χ0v) is 12.4. The Bertz CT molecular complexity index is 738. The van der Waals surface area contributed by atoms with Crippen molar-refractivity contribution >= 4 is 22.7 Å². The summed E-state index contributed by atoms with van der Waals surface area (Å²) in [5, 5.41) is 5.43. The van der Waals surface area contributed by atoms with E-state index in [4.69, 9.17) is 0 Å². The molecular weight excluding hydrogens is 278 g/mol. The fraction of sp³-hybridized carbons (Fsp3) is 0.235. The Morgan fingerprint density at radius 3 is 3.05 bits per heavy atom. The van der Waals surface area contributed by atoms with Crippen molar-refractivity contribution < 1.29 is 0 Å². The molecule has 0 saturated carbocycles. The molecule has 2 unspecified atom stereocenters. The highest BCUT2D eigenvalue weighted by Crippen LogP contribution is 2.33. The van der Waals surface area contributed by atoms with Crippen LogP contribution in [0.15, 0.2) is 55.0 Å². The Balaban J connectivity index is 1.49. The van der Waals surface area contributed by atoms with Crippen molar-refractivity contribution in [3.63, 3.8) is 0 Å². The second-order valence-corrected chi connectivity index (χ2v) is 6.57. The topological polar surface area (TPSA) is 40.7 Å². The first-order chi connectivity index (χ1) is 10.4. The molecule has 3 aromatic rings. The molecule has 2 aromatic heterocycles. The molecule has 0 radical (unpaired) electrons. The van der Waals surface area contributed by atoms with Crippen LogP contribution in [0.3, 0.4) is 0 Å². The van der Waals surface area contributed by atoms with Crippen molar-refractivity contribution in [1.82, 2.24) is 15.3 Å². The van der Waals surface area contributed by atoms with E-state index in [1.165, 1.54) is 22.0 Å². The number of thioether (sulfide) groups is 1. The van der Waals surface area contributed by atoms with E-state index in [2.05, 4.69) is 51.8 Å². The van der Waals surface area contributed by atoms with Crippen LogP contribution < -0.4 is 5.32 Å². The van der Waals surface area contributed by atoms with Gasteiger partial charge in [0.25, 0.3) is 0 Å². The van der Waals surface area contributed by atoms with Gasteiger partial charge < -0.3 is 4.98 Å². The van der Waals surface area contributed by atoms with Crippen molar-refractivity contribution in [2.75, 3.05) is 5.75 Å². The molecule has 4 heteroatoms. The van der Waals surface area contributed by atoms with Gasteiger partial charge >= 0.3 is 0 Å². The minimum atomic E-state index is 0.369. The van der Waals surface area contributed by atoms with Crippen LogP contribution in [-0.2, 0) is 6.42 Å². The maximum atomic E-state index is 4.21. The lowest BCUT2D eigenvalue weighted by atomic mass is 10.1. The third-order valence-electron chi connectivity index (χ3n) is 3.98. The smallest absolute Gasteiger partial charge is 0.0807 e. The molecule has 0 spiro atoms. The number of nitrogens with zero attached hydrogens (tertiary/aromatic N) is 1. The monoisotopic (exact) mass is 295 g/mol. The van der Waals surface area contributed by atoms with Gasteiger partial charge in [-0.15, -0.1) is 11.8 Å². The summed E-state index contributed by atoms with van der Waals surface area (Å²) in [6.07, 6.45) is 6.99. The molecule has 0 amide bonds. The molecule has 3 heterocycles. The number of para-hydroxylation sites is 1. The molecule has 1 saturated heterocycles. The maximum absolute atomic E-state index is 4.21. The Labute approximate surface area is 128 Å². The standard InChI is InChI=1S/C17H17N3S/c1-2-6-16-15(5-1)13(10-19-16)8-14-11-21-17(20-14)12-4-3-7-18-9-12/h1-7,9-10,14,17,19-20H,8,11H2. The quantitative estimate of drug-likeness (QED) is 0.777. The molecule has 1 fully saturated rings. The average molecular weight is 295 g/mol. The first-order valence-corrected chi connectivity index (χ1v) is 8.27. The van der Waals surface area contributed by atoms with Crippen LogP contribution in [0.25, 0.3) is 10.9 Å². The van der Waals surface area contributed by atoms with Crippen molar-refractivity contribution in [3.8, 4) is 0 Å². The number of hydrogen-bond donors (Lipinski definition) is 2. The highest BCUT2D eigenvalue weighted by Gasteiger charge is 2.26. The van der Waals surface area contributed by atoms with Crippen LogP contribution in [0.1, 0.15) is 16.5 Å². The summed E-state index contributed by atoms with van der Waals surface area (Å²) in [5.74, 6) is 1.14. The van der Waals surface area contributed by atoms with Gasteiger partial charge in [-0.2, -0.15) is 0 Å². The van der Waals surface area contributed by atoms with Gasteiger partial charge in [-0.05, 0) is 29.7 Å². The van der Waals surface area contributed by atoms with Crippen LogP contribution in [0.4, 0.5) is 0 Å². The Morgan fingerprint density at radius 2 is 2.14 bits per heavy atom. The lowest BCUT2D eigenvalue weighted by molar-refractivity contribution is 0.574. The number of rotatable bonds is 3. The first-order valence-electron chi connectivity index (χ1n) is 7.23. The lowest BCUT2D eigenvalue weighted by Crippen LogP contribution is -2.27. The molecule has 2 N–H and O–H groups in total. The molecule has 21 heavy (non-hydrogen) atoms. The van der Waals surface area contributed by atoms with E-state index in [1.54, 1.807) is 0 Å². The second kappa shape index (κ2) is 5.54. The van der Waals surface area contributed by atoms with Gasteiger partial charge in [-0.25, -0.2) is 0 Å². The van der Waals surface area contributed by atoms with Gasteiger partial charge in [0.15, 0.2) is 0 Å². The zero-order chi connectivity index (χ0) is 14.1. The highest BCUT2D eigenvalue weighted by molar-refractivity contribution is 7.99. The van der Waals surface area contributed by atoms with Gasteiger partial charge in [0, 0.05) is 41.3 Å². The molecule has 2 atom stereocenters. The van der Waals surface area contributed by atoms with Crippen molar-refractivity contribution in [1.29, 1.82) is 0 Å². The van der Waals surface area contributed by atoms with Crippen molar-refractivity contribution in [2.24, 2.45) is 0 Å². The number of aromatic nitrogens is 2. The van der Waals surface area contributed by atoms with Crippen LogP contribution in [0.2, 0.25) is 0 Å². The summed E-state index contributed by atoms with van der Waals surface area (Å²) in [6.45, 7) is 0. The SMILES string of the molecule is c1cncc(C2NC(Cc3c[nH]c4ccccc34)CS2)c1. The Hall–Kier alpha value is -1.78. The first kappa shape index (κ1) is 12.9. The van der Waals surface area contributed by atoms with E-state index in [0.717, 1.165) is 12.2 Å². The number of hydrogen-bond acceptors (Lipinski definition) is 3. The van der Waals surface area contributed by atoms with Gasteiger partial charge in [0.2, 0.25) is 0 Å². The van der Waals surface area contributed by atoms with E-state index in [-0.39, 0.29) is 0 Å². The maximum Gasteiger partial charge on any atom is 0.0807 e. The number of fused-ring (bicyclic) bond motifs is 1. The molecule has 1 aromatic carbocycles. The molecular formula is C17H17N3S. The summed E-state index contributed by atoms with van der Waals surface area (Å²) >= 11 is 1.97. The normalized spacial score (nSPS) is 21.9. The summed E-state index contributed by atoms with van der Waals surface area (Å²) in [5.41, 5.74) is 3.89.